The van der Waals surface area contributed by atoms with Gasteiger partial charge in [0, 0.05) is 6.07 Å². The minimum Gasteiger partial charge on any atom is -0.859 e. The number of aromatic nitrogens is 2. The van der Waals surface area contributed by atoms with E-state index in [0.29, 0.717) is 26.3 Å². The van der Waals surface area contributed by atoms with E-state index in [-0.39, 0.29) is 11.4 Å². The van der Waals surface area contributed by atoms with Crippen LogP contribution in [0.15, 0.2) is 10.9 Å². The quantitative estimate of drug-likeness (QED) is 0.487. The average Bonchev–Trinajstić information content (AvgIpc) is 2.29. The van der Waals surface area contributed by atoms with Crippen molar-refractivity contribution in [3.05, 3.63) is 16.4 Å². The van der Waals surface area contributed by atoms with Gasteiger partial charge in [0.2, 0.25) is 0 Å². The minimum atomic E-state index is -0.231. The van der Waals surface area contributed by atoms with Crippen molar-refractivity contribution < 1.29 is 9.84 Å². The van der Waals surface area contributed by atoms with E-state index >= 15 is 0 Å². The molecule has 0 saturated heterocycles. The smallest absolute Gasteiger partial charge is 0.266 e. The van der Waals surface area contributed by atoms with E-state index in [1.165, 1.54) is 9.36 Å². The molecular formula is C7H9N2O3-. The summed E-state index contributed by atoms with van der Waals surface area (Å²) in [7, 11) is 0. The van der Waals surface area contributed by atoms with E-state index in [4.69, 9.17) is 4.74 Å². The normalized spacial score (nSPS) is 17.0. The van der Waals surface area contributed by atoms with Gasteiger partial charge in [-0.05, 0) is 5.88 Å². The Balaban J connectivity index is 2.51. The first-order chi connectivity index (χ1) is 5.79. The fourth-order valence-electron chi connectivity index (χ4n) is 1.36. The zero-order chi connectivity index (χ0) is 8.55. The van der Waals surface area contributed by atoms with Crippen molar-refractivity contribution in [1.29, 1.82) is 0 Å². The monoisotopic (exact) mass is 169 g/mol. The van der Waals surface area contributed by atoms with Gasteiger partial charge in [0.05, 0.1) is 26.3 Å². The number of fused-ring (bicyclic) bond motifs is 1. The molecule has 0 amide bonds. The molecule has 5 heteroatoms. The highest BCUT2D eigenvalue weighted by molar-refractivity contribution is 5.05. The van der Waals surface area contributed by atoms with Gasteiger partial charge in [-0.2, -0.15) is 0 Å². The van der Waals surface area contributed by atoms with E-state index in [1.807, 2.05) is 0 Å². The van der Waals surface area contributed by atoms with Gasteiger partial charge < -0.3 is 9.84 Å². The summed E-state index contributed by atoms with van der Waals surface area (Å²) in [5.41, 5.74) is -0.231. The molecule has 0 aliphatic carbocycles. The summed E-state index contributed by atoms with van der Waals surface area (Å²) in [6, 6.07) is 1.12. The van der Waals surface area contributed by atoms with Crippen LogP contribution in [-0.2, 0) is 17.8 Å². The topological polar surface area (TPSA) is 59.2 Å². The Morgan fingerprint density at radius 3 is 2.75 bits per heavy atom. The molecule has 12 heavy (non-hydrogen) atoms. The molecule has 0 saturated carbocycles. The van der Waals surface area contributed by atoms with E-state index in [2.05, 4.69) is 0 Å². The second-order valence-corrected chi connectivity index (χ2v) is 2.68. The van der Waals surface area contributed by atoms with Crippen LogP contribution in [0.1, 0.15) is 0 Å². The lowest BCUT2D eigenvalue weighted by molar-refractivity contribution is -0.280. The lowest BCUT2D eigenvalue weighted by atomic mass is 10.6. The Hall–Kier alpha value is -1.23. The lowest BCUT2D eigenvalue weighted by Gasteiger charge is -2.12. The first-order valence-electron chi connectivity index (χ1n) is 3.84. The fourth-order valence-corrected chi connectivity index (χ4v) is 1.36. The van der Waals surface area contributed by atoms with Crippen molar-refractivity contribution in [1.82, 2.24) is 9.36 Å². The number of hydrogen-bond acceptors (Lipinski definition) is 3. The van der Waals surface area contributed by atoms with Crippen molar-refractivity contribution in [3.8, 4) is 5.88 Å². The van der Waals surface area contributed by atoms with Gasteiger partial charge >= 0.3 is 0 Å². The van der Waals surface area contributed by atoms with Gasteiger partial charge in [0.1, 0.15) is 0 Å². The molecule has 1 aliphatic heterocycles. The summed E-state index contributed by atoms with van der Waals surface area (Å²) in [5, 5.41) is 11.1. The predicted molar refractivity (Wildman–Crippen MR) is 39.0 cm³/mol. The summed E-state index contributed by atoms with van der Waals surface area (Å²) >= 11 is 0. The van der Waals surface area contributed by atoms with Crippen molar-refractivity contribution in [3.63, 3.8) is 0 Å². The maximum absolute atomic E-state index is 11.1. The first kappa shape index (κ1) is 7.42. The fraction of sp³-hybridized carbons (Fsp3) is 0.571. The second-order valence-electron chi connectivity index (χ2n) is 2.68. The van der Waals surface area contributed by atoms with Crippen LogP contribution >= 0.6 is 0 Å². The molecule has 0 N–H and O–H groups in total. The highest BCUT2D eigenvalue weighted by Crippen LogP contribution is 2.04. The molecule has 2 rings (SSSR count). The lowest BCUT2D eigenvalue weighted by Crippen LogP contribution is -2.23. The van der Waals surface area contributed by atoms with E-state index in [9.17, 15) is 9.90 Å². The third kappa shape index (κ3) is 1.02. The zero-order valence-electron chi connectivity index (χ0n) is 6.52. The van der Waals surface area contributed by atoms with Gasteiger partial charge in [0.15, 0.2) is 0 Å². The molecule has 0 atom stereocenters. The zero-order valence-corrected chi connectivity index (χ0v) is 6.52. The Morgan fingerprint density at radius 2 is 2.00 bits per heavy atom. The van der Waals surface area contributed by atoms with Crippen molar-refractivity contribution in [2.24, 2.45) is 0 Å². The molecular weight excluding hydrogens is 160 g/mol. The van der Waals surface area contributed by atoms with Gasteiger partial charge in [-0.3, -0.25) is 9.48 Å². The van der Waals surface area contributed by atoms with Gasteiger partial charge in [0.25, 0.3) is 5.56 Å². The first-order valence-corrected chi connectivity index (χ1v) is 3.84. The molecule has 1 aromatic rings. The standard InChI is InChI=1S/C7H10N2O3/c10-6-5-7(11)9-2-4-12-3-1-8(6)9/h5,10H,1-4H2/p-1. The SMILES string of the molecule is O=c1cc([O-])n2n1CCOCC2. The summed E-state index contributed by atoms with van der Waals surface area (Å²) in [5.74, 6) is -0.231. The number of rotatable bonds is 0. The number of hydrogen-bond donors (Lipinski definition) is 0. The minimum absolute atomic E-state index is 0.231. The van der Waals surface area contributed by atoms with Crippen LogP contribution in [0.4, 0.5) is 0 Å². The van der Waals surface area contributed by atoms with Crippen LogP contribution in [0.2, 0.25) is 0 Å². The van der Waals surface area contributed by atoms with Crippen molar-refractivity contribution in [2.45, 2.75) is 13.1 Å². The largest absolute Gasteiger partial charge is 0.859 e. The molecule has 0 spiro atoms. The Kier molecular flexibility index (Phi) is 1.65. The Labute approximate surface area is 68.8 Å². The van der Waals surface area contributed by atoms with Gasteiger partial charge in [-0.1, -0.05) is 0 Å². The van der Waals surface area contributed by atoms with Gasteiger partial charge in [-0.25, -0.2) is 4.68 Å². The summed E-state index contributed by atoms with van der Waals surface area (Å²) in [4.78, 5) is 11.1. The number of ether oxygens (including phenoxy) is 1. The number of nitrogens with zero attached hydrogens (tertiary/aromatic N) is 2. The van der Waals surface area contributed by atoms with Crippen molar-refractivity contribution in [2.75, 3.05) is 13.2 Å². The van der Waals surface area contributed by atoms with Crippen LogP contribution in [-0.4, -0.2) is 22.6 Å². The van der Waals surface area contributed by atoms with Crippen molar-refractivity contribution >= 4 is 0 Å². The molecule has 5 nitrogen and oxygen atoms in total. The van der Waals surface area contributed by atoms with Crippen LogP contribution in [0.3, 0.4) is 0 Å². The summed E-state index contributed by atoms with van der Waals surface area (Å²) < 4.78 is 7.98. The highest BCUT2D eigenvalue weighted by Gasteiger charge is 2.08. The van der Waals surface area contributed by atoms with Crippen LogP contribution in [0, 0.1) is 0 Å². The molecule has 0 aromatic carbocycles. The van der Waals surface area contributed by atoms with Crippen LogP contribution < -0.4 is 10.7 Å². The maximum Gasteiger partial charge on any atom is 0.266 e. The third-order valence-electron chi connectivity index (χ3n) is 1.94. The maximum atomic E-state index is 11.1. The molecule has 66 valence electrons. The predicted octanol–water partition coefficient (Wildman–Crippen LogP) is -1.25. The van der Waals surface area contributed by atoms with Gasteiger partial charge in [-0.15, -0.1) is 0 Å². The average molecular weight is 169 g/mol. The van der Waals surface area contributed by atoms with Crippen LogP contribution in [0.25, 0.3) is 0 Å². The molecule has 1 aromatic heterocycles. The molecule has 0 radical (unpaired) electrons. The Bertz CT molecular complexity index is 339. The molecule has 0 unspecified atom stereocenters. The molecule has 1 aliphatic rings. The third-order valence-corrected chi connectivity index (χ3v) is 1.94. The Morgan fingerprint density at radius 1 is 1.33 bits per heavy atom. The highest BCUT2D eigenvalue weighted by atomic mass is 16.5. The van der Waals surface area contributed by atoms with E-state index in [1.54, 1.807) is 0 Å². The molecule has 2 heterocycles. The summed E-state index contributed by atoms with van der Waals surface area (Å²) in [6.07, 6.45) is 0. The molecule has 0 bridgehead atoms. The van der Waals surface area contributed by atoms with E-state index in [0.717, 1.165) is 6.07 Å². The molecule has 0 fully saturated rings. The van der Waals surface area contributed by atoms with Crippen LogP contribution in [0.5, 0.6) is 5.88 Å². The summed E-state index contributed by atoms with van der Waals surface area (Å²) in [6.45, 7) is 1.95. The second kappa shape index (κ2) is 2.67. The van der Waals surface area contributed by atoms with E-state index < -0.39 is 0 Å².